The molecule has 0 spiro atoms. The van der Waals surface area contributed by atoms with Crippen LogP contribution in [0.4, 0.5) is 34.1 Å². The summed E-state index contributed by atoms with van der Waals surface area (Å²) < 4.78 is 4.76. The van der Waals surface area contributed by atoms with E-state index in [0.717, 1.165) is 56.6 Å². The molecule has 0 amide bonds. The average molecular weight is 895 g/mol. The number of para-hydroxylation sites is 6. The summed E-state index contributed by atoms with van der Waals surface area (Å²) in [5.74, 6) is 0. The molecule has 0 unspecified atom stereocenters. The first-order valence-electron chi connectivity index (χ1n) is 23.9. The van der Waals surface area contributed by atoms with Crippen molar-refractivity contribution in [1.82, 2.24) is 9.13 Å². The molecule has 0 N–H and O–H groups in total. The topological polar surface area (TPSA) is 16.3 Å². The minimum atomic E-state index is 1.09. The summed E-state index contributed by atoms with van der Waals surface area (Å²) in [4.78, 5) is 4.71. The molecule has 4 nitrogen and oxygen atoms in total. The van der Waals surface area contributed by atoms with Gasteiger partial charge in [0.05, 0.1) is 22.1 Å². The van der Waals surface area contributed by atoms with Gasteiger partial charge in [0.15, 0.2) is 0 Å². The summed E-state index contributed by atoms with van der Waals surface area (Å²) in [5, 5.41) is 4.95. The first kappa shape index (κ1) is 40.9. The van der Waals surface area contributed by atoms with Crippen molar-refractivity contribution in [2.24, 2.45) is 0 Å². The van der Waals surface area contributed by atoms with Gasteiger partial charge in [-0.3, -0.25) is 0 Å². The van der Waals surface area contributed by atoms with Crippen molar-refractivity contribution in [3.8, 4) is 33.6 Å². The normalized spacial score (nSPS) is 11.4. The number of rotatable bonds is 10. The minimum Gasteiger partial charge on any atom is -0.310 e. The monoisotopic (exact) mass is 894 g/mol. The molecule has 0 saturated carbocycles. The van der Waals surface area contributed by atoms with Gasteiger partial charge < -0.3 is 18.9 Å². The lowest BCUT2D eigenvalue weighted by Crippen LogP contribution is -2.10. The molecular weight excluding hydrogens is 849 g/mol. The third-order valence-corrected chi connectivity index (χ3v) is 13.7. The lowest BCUT2D eigenvalue weighted by atomic mass is 9.98. The molecule has 2 heterocycles. The van der Waals surface area contributed by atoms with Gasteiger partial charge in [0.1, 0.15) is 0 Å². The molecule has 0 radical (unpaired) electrons. The molecule has 330 valence electrons. The number of nitrogens with zero attached hydrogens (tertiary/aromatic N) is 4. The molecule has 2 aromatic heterocycles. The van der Waals surface area contributed by atoms with E-state index in [4.69, 9.17) is 0 Å². The van der Waals surface area contributed by atoms with Crippen LogP contribution in [0.5, 0.6) is 0 Å². The number of anilines is 6. The smallest absolute Gasteiger partial charge is 0.0561 e. The Bertz CT molecular complexity index is 3710. The Kier molecular flexibility index (Phi) is 10.1. The molecule has 11 aromatic carbocycles. The van der Waals surface area contributed by atoms with Gasteiger partial charge in [-0.25, -0.2) is 0 Å². The van der Waals surface area contributed by atoms with Crippen LogP contribution in [-0.2, 0) is 0 Å². The molecule has 4 heteroatoms. The fourth-order valence-electron chi connectivity index (χ4n) is 10.4. The molecule has 13 aromatic rings. The maximum absolute atomic E-state index is 2.38. The van der Waals surface area contributed by atoms with Crippen LogP contribution in [0.15, 0.2) is 279 Å². The van der Waals surface area contributed by atoms with Crippen LogP contribution in [0.25, 0.3) is 77.2 Å². The molecular formula is C66H46N4. The van der Waals surface area contributed by atoms with E-state index in [1.54, 1.807) is 0 Å². The Morgan fingerprint density at radius 1 is 0.200 bits per heavy atom. The first-order chi connectivity index (χ1) is 34.7. The predicted molar refractivity (Wildman–Crippen MR) is 295 cm³/mol. The molecule has 0 atom stereocenters. The second-order valence-corrected chi connectivity index (χ2v) is 17.8. The fraction of sp³-hybridized carbons (Fsp3) is 0. The molecule has 0 saturated heterocycles. The van der Waals surface area contributed by atoms with E-state index in [2.05, 4.69) is 298 Å². The van der Waals surface area contributed by atoms with Crippen LogP contribution >= 0.6 is 0 Å². The molecule has 0 aliphatic heterocycles. The number of hydrogen-bond acceptors (Lipinski definition) is 2. The van der Waals surface area contributed by atoms with Crippen LogP contribution in [0, 0.1) is 0 Å². The molecule has 0 aliphatic rings. The highest BCUT2D eigenvalue weighted by molar-refractivity contribution is 6.11. The Morgan fingerprint density at radius 3 is 0.943 bits per heavy atom. The van der Waals surface area contributed by atoms with E-state index in [9.17, 15) is 0 Å². The summed E-state index contributed by atoms with van der Waals surface area (Å²) in [7, 11) is 0. The summed E-state index contributed by atoms with van der Waals surface area (Å²) >= 11 is 0. The van der Waals surface area contributed by atoms with E-state index < -0.39 is 0 Å². The summed E-state index contributed by atoms with van der Waals surface area (Å²) in [6.07, 6.45) is 0. The van der Waals surface area contributed by atoms with Crippen molar-refractivity contribution >= 4 is 77.7 Å². The van der Waals surface area contributed by atoms with E-state index in [1.165, 1.54) is 54.7 Å². The van der Waals surface area contributed by atoms with E-state index in [-0.39, 0.29) is 0 Å². The first-order valence-corrected chi connectivity index (χ1v) is 23.9. The standard InChI is InChI=1S/C66H46N4/c1-5-20-51(21-6-1)67(57-40-42-61-59-28-13-15-30-63(59)69(65(61)45-57)53-24-9-3-10-25-53)55-36-32-47(33-37-55)49-18-17-19-50(44-49)48-34-38-56(39-35-48)68(52-22-7-2-8-23-52)58-41-43-62-60-29-14-16-31-64(60)70(66(62)46-58)54-26-11-4-12-27-54/h1-46H. The highest BCUT2D eigenvalue weighted by Gasteiger charge is 2.20. The maximum atomic E-state index is 2.38. The quantitative estimate of drug-likeness (QED) is 0.136. The highest BCUT2D eigenvalue weighted by atomic mass is 15.2. The number of fused-ring (bicyclic) bond motifs is 6. The predicted octanol–water partition coefficient (Wildman–Crippen LogP) is 18.2. The average Bonchev–Trinajstić information content (AvgIpc) is 3.95. The summed E-state index contributed by atoms with van der Waals surface area (Å²) in [5.41, 5.74) is 18.3. The zero-order chi connectivity index (χ0) is 46.4. The highest BCUT2D eigenvalue weighted by Crippen LogP contribution is 2.42. The second kappa shape index (κ2) is 17.4. The summed E-state index contributed by atoms with van der Waals surface area (Å²) in [6, 6.07) is 101. The van der Waals surface area contributed by atoms with Crippen molar-refractivity contribution in [1.29, 1.82) is 0 Å². The van der Waals surface area contributed by atoms with Crippen LogP contribution in [0.1, 0.15) is 0 Å². The maximum Gasteiger partial charge on any atom is 0.0561 e. The van der Waals surface area contributed by atoms with Crippen molar-refractivity contribution in [2.45, 2.75) is 0 Å². The van der Waals surface area contributed by atoms with Gasteiger partial charge >= 0.3 is 0 Å². The SMILES string of the molecule is c1ccc(N(c2ccc(-c3cccc(-c4ccc(N(c5ccccc5)c5ccc6c7ccccc7n(-c7ccccc7)c6c5)cc4)c3)cc2)c2ccc3c4ccccc4n(-c4ccccc4)c3c2)cc1. The van der Waals surface area contributed by atoms with Crippen LogP contribution in [-0.4, -0.2) is 9.13 Å². The third-order valence-electron chi connectivity index (χ3n) is 13.7. The minimum absolute atomic E-state index is 1.09. The van der Waals surface area contributed by atoms with Crippen molar-refractivity contribution in [3.63, 3.8) is 0 Å². The Hall–Kier alpha value is -9.38. The van der Waals surface area contributed by atoms with Gasteiger partial charge in [-0.2, -0.15) is 0 Å². The lowest BCUT2D eigenvalue weighted by molar-refractivity contribution is 1.18. The van der Waals surface area contributed by atoms with E-state index in [1.807, 2.05) is 0 Å². The van der Waals surface area contributed by atoms with Crippen LogP contribution < -0.4 is 9.80 Å². The number of hydrogen-bond donors (Lipinski definition) is 0. The van der Waals surface area contributed by atoms with Gasteiger partial charge in [0.2, 0.25) is 0 Å². The van der Waals surface area contributed by atoms with Crippen molar-refractivity contribution in [3.05, 3.63) is 279 Å². The lowest BCUT2D eigenvalue weighted by Gasteiger charge is -2.26. The Balaban J connectivity index is 0.834. The van der Waals surface area contributed by atoms with Gasteiger partial charge in [-0.1, -0.05) is 164 Å². The van der Waals surface area contributed by atoms with Gasteiger partial charge in [-0.05, 0) is 138 Å². The van der Waals surface area contributed by atoms with Gasteiger partial charge in [-0.15, -0.1) is 0 Å². The van der Waals surface area contributed by atoms with E-state index >= 15 is 0 Å². The second-order valence-electron chi connectivity index (χ2n) is 17.8. The molecule has 0 bridgehead atoms. The molecule has 13 rings (SSSR count). The van der Waals surface area contributed by atoms with Crippen LogP contribution in [0.2, 0.25) is 0 Å². The number of benzene rings is 11. The fourth-order valence-corrected chi connectivity index (χ4v) is 10.4. The molecule has 0 fully saturated rings. The number of aromatic nitrogens is 2. The van der Waals surface area contributed by atoms with Gasteiger partial charge in [0.25, 0.3) is 0 Å². The molecule has 70 heavy (non-hydrogen) atoms. The third kappa shape index (κ3) is 7.18. The zero-order valence-corrected chi connectivity index (χ0v) is 38.3. The Morgan fingerprint density at radius 2 is 0.529 bits per heavy atom. The Labute approximate surface area is 407 Å². The van der Waals surface area contributed by atoms with Gasteiger partial charge in [0, 0.05) is 67.0 Å². The van der Waals surface area contributed by atoms with E-state index in [0.29, 0.717) is 0 Å². The van der Waals surface area contributed by atoms with Crippen LogP contribution in [0.3, 0.4) is 0 Å². The largest absolute Gasteiger partial charge is 0.310 e. The zero-order valence-electron chi connectivity index (χ0n) is 38.3. The summed E-state index contributed by atoms with van der Waals surface area (Å²) in [6.45, 7) is 0. The van der Waals surface area contributed by atoms with Crippen molar-refractivity contribution < 1.29 is 0 Å². The molecule has 0 aliphatic carbocycles. The van der Waals surface area contributed by atoms with Crippen molar-refractivity contribution in [2.75, 3.05) is 9.80 Å².